The van der Waals surface area contributed by atoms with E-state index in [0.29, 0.717) is 35.3 Å². The van der Waals surface area contributed by atoms with Crippen LogP contribution in [0.5, 0.6) is 0 Å². The van der Waals surface area contributed by atoms with Gasteiger partial charge in [-0.15, -0.1) is 0 Å². The molecule has 2 aromatic heterocycles. The van der Waals surface area contributed by atoms with Crippen molar-refractivity contribution in [3.8, 4) is 11.3 Å². The Morgan fingerprint density at radius 3 is 2.40 bits per heavy atom. The summed E-state index contributed by atoms with van der Waals surface area (Å²) in [7, 11) is 3.92. The average molecular weight is 416 g/mol. The monoisotopic (exact) mass is 416 g/mol. The Kier molecular flexibility index (Phi) is 6.51. The molecule has 0 aliphatic rings. The second-order valence-electron chi connectivity index (χ2n) is 7.08. The molecular formula is C21H23F3N6. The number of alkyl halides is 3. The summed E-state index contributed by atoms with van der Waals surface area (Å²) in [6, 6.07) is 8.91. The molecule has 9 heteroatoms. The van der Waals surface area contributed by atoms with Crippen molar-refractivity contribution < 1.29 is 13.2 Å². The van der Waals surface area contributed by atoms with Crippen molar-refractivity contribution in [3.05, 3.63) is 59.9 Å². The van der Waals surface area contributed by atoms with Crippen LogP contribution in [0.4, 0.5) is 30.6 Å². The number of hydrogen-bond acceptors (Lipinski definition) is 6. The Morgan fingerprint density at radius 1 is 1.00 bits per heavy atom. The molecule has 2 N–H and O–H groups in total. The maximum absolute atomic E-state index is 13.1. The third-order valence-corrected chi connectivity index (χ3v) is 4.37. The van der Waals surface area contributed by atoms with Crippen LogP contribution < -0.4 is 10.6 Å². The Bertz CT molecular complexity index is 990. The van der Waals surface area contributed by atoms with E-state index >= 15 is 0 Å². The smallest absolute Gasteiger partial charge is 0.353 e. The van der Waals surface area contributed by atoms with E-state index in [1.54, 1.807) is 25.4 Å². The van der Waals surface area contributed by atoms with Crippen LogP contribution >= 0.6 is 0 Å². The third kappa shape index (κ3) is 5.66. The van der Waals surface area contributed by atoms with E-state index in [0.717, 1.165) is 24.2 Å². The van der Waals surface area contributed by atoms with Crippen LogP contribution in [0.25, 0.3) is 11.3 Å². The first-order valence-electron chi connectivity index (χ1n) is 9.35. The van der Waals surface area contributed by atoms with Crippen LogP contribution in [0.2, 0.25) is 0 Å². The molecule has 30 heavy (non-hydrogen) atoms. The summed E-state index contributed by atoms with van der Waals surface area (Å²) >= 11 is 0. The van der Waals surface area contributed by atoms with E-state index in [-0.39, 0.29) is 0 Å². The number of likely N-dealkylation sites (N-methyl/N-ethyl adjacent to an activating group) is 1. The van der Waals surface area contributed by atoms with Gasteiger partial charge < -0.3 is 15.5 Å². The van der Waals surface area contributed by atoms with Crippen molar-refractivity contribution in [1.29, 1.82) is 0 Å². The number of aryl methyl sites for hydroxylation is 1. The average Bonchev–Trinajstić information content (AvgIpc) is 2.69. The second kappa shape index (κ2) is 9.08. The lowest BCUT2D eigenvalue weighted by molar-refractivity contribution is -0.137. The summed E-state index contributed by atoms with van der Waals surface area (Å²) in [5.41, 5.74) is 1.75. The molecule has 0 aliphatic heterocycles. The second-order valence-corrected chi connectivity index (χ2v) is 7.08. The van der Waals surface area contributed by atoms with E-state index in [1.807, 2.05) is 31.1 Å². The number of halogens is 3. The fraction of sp³-hybridized carbons (Fsp3) is 0.286. The van der Waals surface area contributed by atoms with Crippen molar-refractivity contribution in [2.45, 2.75) is 13.1 Å². The van der Waals surface area contributed by atoms with Gasteiger partial charge in [-0.1, -0.05) is 6.07 Å². The number of hydrogen-bond donors (Lipinski definition) is 2. The van der Waals surface area contributed by atoms with E-state index in [1.165, 1.54) is 6.07 Å². The molecule has 0 aliphatic carbocycles. The van der Waals surface area contributed by atoms with Gasteiger partial charge in [0, 0.05) is 42.8 Å². The molecule has 0 radical (unpaired) electrons. The van der Waals surface area contributed by atoms with Gasteiger partial charge >= 0.3 is 6.18 Å². The number of aromatic nitrogens is 3. The van der Waals surface area contributed by atoms with Crippen LogP contribution in [0.15, 0.2) is 48.8 Å². The Balaban J connectivity index is 1.95. The summed E-state index contributed by atoms with van der Waals surface area (Å²) < 4.78 is 39.4. The van der Waals surface area contributed by atoms with E-state index in [9.17, 15) is 13.2 Å². The summed E-state index contributed by atoms with van der Waals surface area (Å²) in [4.78, 5) is 15.0. The van der Waals surface area contributed by atoms with Gasteiger partial charge in [0.2, 0.25) is 5.95 Å². The topological polar surface area (TPSA) is 66.0 Å². The predicted octanol–water partition coefficient (Wildman–Crippen LogP) is 4.58. The zero-order valence-corrected chi connectivity index (χ0v) is 17.0. The van der Waals surface area contributed by atoms with Gasteiger partial charge in [-0.05, 0) is 50.8 Å². The fourth-order valence-electron chi connectivity index (χ4n) is 2.72. The Morgan fingerprint density at radius 2 is 1.73 bits per heavy atom. The lowest BCUT2D eigenvalue weighted by atomic mass is 10.1. The lowest BCUT2D eigenvalue weighted by Crippen LogP contribution is -2.21. The molecule has 6 nitrogen and oxygen atoms in total. The predicted molar refractivity (Wildman–Crippen MR) is 112 cm³/mol. The fourth-order valence-corrected chi connectivity index (χ4v) is 2.72. The largest absolute Gasteiger partial charge is 0.416 e. The van der Waals surface area contributed by atoms with E-state index < -0.39 is 11.7 Å². The lowest BCUT2D eigenvalue weighted by Gasteiger charge is -2.15. The molecule has 0 spiro atoms. The molecule has 3 aromatic rings. The van der Waals surface area contributed by atoms with Crippen LogP contribution in [0.1, 0.15) is 11.1 Å². The molecule has 0 unspecified atom stereocenters. The molecule has 0 amide bonds. The van der Waals surface area contributed by atoms with Crippen molar-refractivity contribution in [2.75, 3.05) is 37.8 Å². The molecule has 0 atom stereocenters. The van der Waals surface area contributed by atoms with Crippen molar-refractivity contribution in [1.82, 2.24) is 19.9 Å². The molecule has 0 saturated carbocycles. The number of benzene rings is 1. The zero-order valence-electron chi connectivity index (χ0n) is 17.0. The highest BCUT2D eigenvalue weighted by atomic mass is 19.4. The quantitative estimate of drug-likeness (QED) is 0.588. The molecule has 0 saturated heterocycles. The highest BCUT2D eigenvalue weighted by Crippen LogP contribution is 2.33. The van der Waals surface area contributed by atoms with Crippen molar-refractivity contribution in [3.63, 3.8) is 0 Å². The van der Waals surface area contributed by atoms with Gasteiger partial charge in [0.25, 0.3) is 0 Å². The molecule has 158 valence electrons. The van der Waals surface area contributed by atoms with E-state index in [2.05, 4.69) is 25.6 Å². The summed E-state index contributed by atoms with van der Waals surface area (Å²) in [5, 5.41) is 6.18. The first-order valence-corrected chi connectivity index (χ1v) is 9.35. The minimum absolute atomic E-state index is 0.337. The number of nitrogens with one attached hydrogen (secondary N) is 2. The molecular weight excluding hydrogens is 393 g/mol. The number of pyridine rings is 1. The van der Waals surface area contributed by atoms with Gasteiger partial charge in [-0.2, -0.15) is 18.2 Å². The van der Waals surface area contributed by atoms with Crippen LogP contribution in [-0.4, -0.2) is 47.0 Å². The van der Waals surface area contributed by atoms with Crippen LogP contribution in [0, 0.1) is 6.92 Å². The summed E-state index contributed by atoms with van der Waals surface area (Å²) in [6.45, 7) is 3.14. The normalized spacial score (nSPS) is 11.6. The molecule has 1 aromatic carbocycles. The highest BCUT2D eigenvalue weighted by molar-refractivity contribution is 5.68. The first kappa shape index (κ1) is 21.5. The maximum Gasteiger partial charge on any atom is 0.416 e. The number of rotatable bonds is 7. The highest BCUT2D eigenvalue weighted by Gasteiger charge is 2.30. The minimum Gasteiger partial charge on any atom is -0.353 e. The Hall–Kier alpha value is -3.20. The minimum atomic E-state index is -4.42. The molecule has 0 bridgehead atoms. The van der Waals surface area contributed by atoms with Gasteiger partial charge in [-0.25, -0.2) is 4.98 Å². The SMILES string of the molecule is Cc1ccc(C(F)(F)F)cc1Nc1cc(-c2ccncc2)nc(NCCN(C)C)n1. The van der Waals surface area contributed by atoms with Crippen LogP contribution in [-0.2, 0) is 6.18 Å². The molecule has 2 heterocycles. The van der Waals surface area contributed by atoms with Gasteiger partial charge in [0.15, 0.2) is 0 Å². The Labute approximate surface area is 173 Å². The van der Waals surface area contributed by atoms with Gasteiger partial charge in [-0.3, -0.25) is 4.98 Å². The standard InChI is InChI=1S/C21H23F3N6/c1-14-4-5-16(21(22,23)24)12-17(14)27-19-13-18(15-6-8-25-9-7-15)28-20(29-19)26-10-11-30(2)3/h4-9,12-13H,10-11H2,1-3H3,(H2,26,27,28,29). The molecule has 3 rings (SSSR count). The number of nitrogens with zero attached hydrogens (tertiary/aromatic N) is 4. The van der Waals surface area contributed by atoms with Gasteiger partial charge in [0.05, 0.1) is 11.3 Å². The summed E-state index contributed by atoms with van der Waals surface area (Å²) in [5.74, 6) is 0.782. The van der Waals surface area contributed by atoms with Crippen LogP contribution in [0.3, 0.4) is 0 Å². The van der Waals surface area contributed by atoms with Gasteiger partial charge in [0.1, 0.15) is 5.82 Å². The van der Waals surface area contributed by atoms with E-state index in [4.69, 9.17) is 0 Å². The maximum atomic E-state index is 13.1. The van der Waals surface area contributed by atoms with Crippen molar-refractivity contribution in [2.24, 2.45) is 0 Å². The molecule has 0 fully saturated rings. The van der Waals surface area contributed by atoms with Crippen molar-refractivity contribution >= 4 is 17.5 Å². The number of anilines is 3. The third-order valence-electron chi connectivity index (χ3n) is 4.37. The first-order chi connectivity index (χ1) is 14.2. The zero-order chi connectivity index (χ0) is 21.7. The summed E-state index contributed by atoms with van der Waals surface area (Å²) in [6.07, 6.45) is -1.11.